The Balaban J connectivity index is 2.18. The molecule has 1 aromatic carbocycles. The number of nitrogens with zero attached hydrogens (tertiary/aromatic N) is 2. The molecule has 1 aromatic heterocycles. The summed E-state index contributed by atoms with van der Waals surface area (Å²) in [5.74, 6) is 2.36. The van der Waals surface area contributed by atoms with E-state index in [0.29, 0.717) is 12.4 Å². The summed E-state index contributed by atoms with van der Waals surface area (Å²) >= 11 is 0. The first-order valence-electron chi connectivity index (χ1n) is 5.59. The van der Waals surface area contributed by atoms with E-state index in [2.05, 4.69) is 15.2 Å². The molecule has 5 nitrogen and oxygen atoms in total. The second kappa shape index (κ2) is 5.45. The highest BCUT2D eigenvalue weighted by Gasteiger charge is 2.06. The van der Waals surface area contributed by atoms with Gasteiger partial charge in [0, 0.05) is 12.0 Å². The number of benzene rings is 1. The van der Waals surface area contributed by atoms with E-state index < -0.39 is 0 Å². The lowest BCUT2D eigenvalue weighted by molar-refractivity contribution is 0.415. The average molecular weight is 232 g/mol. The highest BCUT2D eigenvalue weighted by molar-refractivity contribution is 5.57. The fourth-order valence-electron chi connectivity index (χ4n) is 1.57. The molecule has 0 aliphatic heterocycles. The Morgan fingerprint density at radius 3 is 3.06 bits per heavy atom. The van der Waals surface area contributed by atoms with Crippen LogP contribution in [-0.4, -0.2) is 28.8 Å². The zero-order valence-electron chi connectivity index (χ0n) is 9.81. The normalized spacial score (nSPS) is 10.5. The minimum Gasteiger partial charge on any atom is -0.497 e. The maximum absolute atomic E-state index is 5.45. The number of nitrogens with two attached hydrogens (primary N) is 1. The van der Waals surface area contributed by atoms with Gasteiger partial charge in [0.1, 0.15) is 11.6 Å². The first-order valence-corrected chi connectivity index (χ1v) is 5.59. The molecule has 0 fully saturated rings. The van der Waals surface area contributed by atoms with Crippen molar-refractivity contribution in [3.63, 3.8) is 0 Å². The molecule has 0 saturated carbocycles. The molecule has 3 N–H and O–H groups in total. The van der Waals surface area contributed by atoms with Gasteiger partial charge in [0.05, 0.1) is 7.11 Å². The van der Waals surface area contributed by atoms with Crippen molar-refractivity contribution < 1.29 is 4.74 Å². The standard InChI is InChI=1S/C12H16N4O/c1-17-10-5-2-4-9(8-10)12-14-11(15-16-12)6-3-7-13/h2,4-5,8H,3,6-7,13H2,1H3,(H,14,15,16). The van der Waals surface area contributed by atoms with E-state index >= 15 is 0 Å². The Labute approximate surface area is 100 Å². The lowest BCUT2D eigenvalue weighted by atomic mass is 10.2. The van der Waals surface area contributed by atoms with Crippen molar-refractivity contribution in [2.24, 2.45) is 5.73 Å². The maximum atomic E-state index is 5.45. The Morgan fingerprint density at radius 2 is 2.29 bits per heavy atom. The predicted octanol–water partition coefficient (Wildman–Crippen LogP) is 1.37. The lowest BCUT2D eigenvalue weighted by Crippen LogP contribution is -2.01. The van der Waals surface area contributed by atoms with Gasteiger partial charge < -0.3 is 10.5 Å². The number of H-pyrrole nitrogens is 1. The molecule has 2 aromatic rings. The molecular formula is C12H16N4O. The van der Waals surface area contributed by atoms with Crippen LogP contribution in [0, 0.1) is 0 Å². The monoisotopic (exact) mass is 232 g/mol. The van der Waals surface area contributed by atoms with Gasteiger partial charge in [-0.2, -0.15) is 5.10 Å². The molecule has 2 rings (SSSR count). The smallest absolute Gasteiger partial charge is 0.181 e. The van der Waals surface area contributed by atoms with Gasteiger partial charge in [0.2, 0.25) is 0 Å². The SMILES string of the molecule is COc1cccc(-c2n[nH]c(CCCN)n2)c1. The summed E-state index contributed by atoms with van der Waals surface area (Å²) in [4.78, 5) is 4.42. The van der Waals surface area contributed by atoms with E-state index in [9.17, 15) is 0 Å². The molecule has 0 atom stereocenters. The summed E-state index contributed by atoms with van der Waals surface area (Å²) in [6, 6.07) is 7.68. The summed E-state index contributed by atoms with van der Waals surface area (Å²) in [5.41, 5.74) is 6.40. The molecule has 0 spiro atoms. The predicted molar refractivity (Wildman–Crippen MR) is 65.7 cm³/mol. The number of nitrogens with one attached hydrogen (secondary N) is 1. The number of rotatable bonds is 5. The molecule has 0 bridgehead atoms. The van der Waals surface area contributed by atoms with Gasteiger partial charge in [-0.15, -0.1) is 0 Å². The van der Waals surface area contributed by atoms with Gasteiger partial charge in [0.25, 0.3) is 0 Å². The summed E-state index contributed by atoms with van der Waals surface area (Å²) in [6.45, 7) is 0.662. The van der Waals surface area contributed by atoms with Crippen LogP contribution in [0.25, 0.3) is 11.4 Å². The molecule has 0 amide bonds. The summed E-state index contributed by atoms with van der Waals surface area (Å²) in [5, 5.41) is 7.10. The second-order valence-electron chi connectivity index (χ2n) is 3.73. The topological polar surface area (TPSA) is 76.8 Å². The average Bonchev–Trinajstić information content (AvgIpc) is 2.85. The van der Waals surface area contributed by atoms with Crippen molar-refractivity contribution >= 4 is 0 Å². The first-order chi connectivity index (χ1) is 8.33. The van der Waals surface area contributed by atoms with E-state index in [1.807, 2.05) is 24.3 Å². The molecule has 17 heavy (non-hydrogen) atoms. The maximum Gasteiger partial charge on any atom is 0.181 e. The highest BCUT2D eigenvalue weighted by Crippen LogP contribution is 2.20. The number of ether oxygens (including phenoxy) is 1. The highest BCUT2D eigenvalue weighted by atomic mass is 16.5. The summed E-state index contributed by atoms with van der Waals surface area (Å²) in [7, 11) is 1.64. The van der Waals surface area contributed by atoms with Crippen molar-refractivity contribution in [2.45, 2.75) is 12.8 Å². The van der Waals surface area contributed by atoms with Crippen LogP contribution in [0.4, 0.5) is 0 Å². The summed E-state index contributed by atoms with van der Waals surface area (Å²) < 4.78 is 5.17. The van der Waals surface area contributed by atoms with Crippen LogP contribution in [0.2, 0.25) is 0 Å². The van der Waals surface area contributed by atoms with Crippen molar-refractivity contribution in [3.05, 3.63) is 30.1 Å². The van der Waals surface area contributed by atoms with Crippen molar-refractivity contribution in [1.29, 1.82) is 0 Å². The van der Waals surface area contributed by atoms with E-state index in [-0.39, 0.29) is 0 Å². The van der Waals surface area contributed by atoms with E-state index in [4.69, 9.17) is 10.5 Å². The van der Waals surface area contributed by atoms with Crippen LogP contribution < -0.4 is 10.5 Å². The van der Waals surface area contributed by atoms with Gasteiger partial charge in [-0.1, -0.05) is 12.1 Å². The Kier molecular flexibility index (Phi) is 3.72. The van der Waals surface area contributed by atoms with Crippen molar-refractivity contribution in [1.82, 2.24) is 15.2 Å². The van der Waals surface area contributed by atoms with Crippen LogP contribution in [-0.2, 0) is 6.42 Å². The first kappa shape index (κ1) is 11.6. The minimum absolute atomic E-state index is 0.662. The van der Waals surface area contributed by atoms with Gasteiger partial charge in [0.15, 0.2) is 5.82 Å². The molecule has 1 heterocycles. The third-order valence-corrected chi connectivity index (χ3v) is 2.48. The van der Waals surface area contributed by atoms with Crippen LogP contribution in [0.5, 0.6) is 5.75 Å². The minimum atomic E-state index is 0.662. The number of aromatic nitrogens is 3. The van der Waals surface area contributed by atoms with Crippen LogP contribution in [0.1, 0.15) is 12.2 Å². The molecule has 0 saturated heterocycles. The zero-order chi connectivity index (χ0) is 12.1. The van der Waals surface area contributed by atoms with E-state index in [1.165, 1.54) is 0 Å². The number of hydrogen-bond donors (Lipinski definition) is 2. The van der Waals surface area contributed by atoms with Gasteiger partial charge in [-0.25, -0.2) is 4.98 Å². The third kappa shape index (κ3) is 2.82. The quantitative estimate of drug-likeness (QED) is 0.816. The molecule has 5 heteroatoms. The Morgan fingerprint density at radius 1 is 1.41 bits per heavy atom. The van der Waals surface area contributed by atoms with Crippen molar-refractivity contribution in [3.8, 4) is 17.1 Å². The van der Waals surface area contributed by atoms with Crippen LogP contribution >= 0.6 is 0 Å². The Hall–Kier alpha value is -1.88. The number of hydrogen-bond acceptors (Lipinski definition) is 4. The molecular weight excluding hydrogens is 216 g/mol. The number of aryl methyl sites for hydroxylation is 1. The van der Waals surface area contributed by atoms with Crippen LogP contribution in [0.3, 0.4) is 0 Å². The third-order valence-electron chi connectivity index (χ3n) is 2.48. The zero-order valence-corrected chi connectivity index (χ0v) is 9.81. The van der Waals surface area contributed by atoms with E-state index in [0.717, 1.165) is 30.0 Å². The second-order valence-corrected chi connectivity index (χ2v) is 3.73. The molecule has 0 aliphatic carbocycles. The van der Waals surface area contributed by atoms with Crippen molar-refractivity contribution in [2.75, 3.05) is 13.7 Å². The molecule has 90 valence electrons. The molecule has 0 radical (unpaired) electrons. The van der Waals surface area contributed by atoms with Gasteiger partial charge >= 0.3 is 0 Å². The summed E-state index contributed by atoms with van der Waals surface area (Å²) in [6.07, 6.45) is 1.74. The fraction of sp³-hybridized carbons (Fsp3) is 0.333. The number of methoxy groups -OCH3 is 1. The van der Waals surface area contributed by atoms with Gasteiger partial charge in [-0.3, -0.25) is 5.10 Å². The largest absolute Gasteiger partial charge is 0.497 e. The number of aromatic amines is 1. The van der Waals surface area contributed by atoms with Gasteiger partial charge in [-0.05, 0) is 25.1 Å². The Bertz CT molecular complexity index is 481. The molecule has 0 aliphatic rings. The lowest BCUT2D eigenvalue weighted by Gasteiger charge is -2.00. The molecule has 0 unspecified atom stereocenters. The van der Waals surface area contributed by atoms with Crippen LogP contribution in [0.15, 0.2) is 24.3 Å². The van der Waals surface area contributed by atoms with E-state index in [1.54, 1.807) is 7.11 Å². The fourth-order valence-corrected chi connectivity index (χ4v) is 1.57.